The Labute approximate surface area is 106 Å². The van der Waals surface area contributed by atoms with Crippen molar-refractivity contribution in [2.45, 2.75) is 25.1 Å². The number of ether oxygens (including phenoxy) is 2. The minimum atomic E-state index is -0.454. The summed E-state index contributed by atoms with van der Waals surface area (Å²) in [6.07, 6.45) is 0.300. The molecular weight excluding hydrogens is 232 g/mol. The monoisotopic (exact) mass is 250 g/mol. The van der Waals surface area contributed by atoms with Gasteiger partial charge in [0.2, 0.25) is 0 Å². The van der Waals surface area contributed by atoms with Crippen molar-refractivity contribution < 1.29 is 14.3 Å². The van der Waals surface area contributed by atoms with E-state index in [0.29, 0.717) is 13.2 Å². The molecular formula is C13H18N2O3. The van der Waals surface area contributed by atoms with E-state index in [9.17, 15) is 4.79 Å². The number of benzene rings is 1. The number of hydrogen-bond acceptors (Lipinski definition) is 4. The molecule has 5 nitrogen and oxygen atoms in total. The van der Waals surface area contributed by atoms with Crippen molar-refractivity contribution in [3.63, 3.8) is 0 Å². The van der Waals surface area contributed by atoms with Gasteiger partial charge in [0, 0.05) is 12.6 Å². The zero-order valence-electron chi connectivity index (χ0n) is 10.2. The van der Waals surface area contributed by atoms with Crippen LogP contribution in [0.25, 0.3) is 0 Å². The van der Waals surface area contributed by atoms with E-state index in [4.69, 9.17) is 15.2 Å². The van der Waals surface area contributed by atoms with E-state index >= 15 is 0 Å². The molecule has 0 bridgehead atoms. The fourth-order valence-electron chi connectivity index (χ4n) is 1.82. The van der Waals surface area contributed by atoms with Crippen LogP contribution in [-0.2, 0) is 16.1 Å². The molecule has 1 amide bonds. The molecule has 0 radical (unpaired) electrons. The molecule has 3 N–H and O–H groups in total. The Balaban J connectivity index is 1.75. The van der Waals surface area contributed by atoms with Gasteiger partial charge in [-0.25, -0.2) is 4.79 Å². The van der Waals surface area contributed by atoms with E-state index in [2.05, 4.69) is 5.32 Å². The average molecular weight is 250 g/mol. The molecule has 1 aromatic rings. The normalized spacial score (nSPS) is 23.4. The van der Waals surface area contributed by atoms with Gasteiger partial charge >= 0.3 is 6.09 Å². The number of amides is 1. The number of rotatable bonds is 3. The molecule has 2 rings (SSSR count). The van der Waals surface area contributed by atoms with Crippen LogP contribution in [0, 0.1) is 0 Å². The molecule has 1 saturated heterocycles. The lowest BCUT2D eigenvalue weighted by atomic mass is 10.1. The highest BCUT2D eigenvalue weighted by Crippen LogP contribution is 2.06. The van der Waals surface area contributed by atoms with Crippen LogP contribution in [0.5, 0.6) is 0 Å². The zero-order chi connectivity index (χ0) is 12.8. The van der Waals surface area contributed by atoms with Gasteiger partial charge in [0.1, 0.15) is 6.61 Å². The molecule has 0 spiro atoms. The smallest absolute Gasteiger partial charge is 0.407 e. The van der Waals surface area contributed by atoms with Crippen molar-refractivity contribution in [1.82, 2.24) is 5.32 Å². The number of carbonyl (C=O) groups excluding carboxylic acids is 1. The molecule has 0 saturated carbocycles. The largest absolute Gasteiger partial charge is 0.445 e. The molecule has 1 aromatic carbocycles. The molecule has 5 heteroatoms. The Morgan fingerprint density at radius 1 is 1.44 bits per heavy atom. The third-order valence-corrected chi connectivity index (χ3v) is 2.93. The topological polar surface area (TPSA) is 73.6 Å². The molecule has 1 aliphatic heterocycles. The lowest BCUT2D eigenvalue weighted by Gasteiger charge is -2.28. The Kier molecular flexibility index (Phi) is 4.55. The maximum absolute atomic E-state index is 11.6. The highest BCUT2D eigenvalue weighted by molar-refractivity contribution is 5.67. The predicted octanol–water partition coefficient (Wildman–Crippen LogP) is 1.03. The SMILES string of the molecule is NC1CCOCC1NC(=O)OCc1ccccc1. The molecule has 2 atom stereocenters. The zero-order valence-corrected chi connectivity index (χ0v) is 10.2. The molecule has 98 valence electrons. The summed E-state index contributed by atoms with van der Waals surface area (Å²) in [4.78, 5) is 11.6. The van der Waals surface area contributed by atoms with Crippen LogP contribution in [0.1, 0.15) is 12.0 Å². The second kappa shape index (κ2) is 6.37. The average Bonchev–Trinajstić information content (AvgIpc) is 2.40. The molecule has 1 heterocycles. The van der Waals surface area contributed by atoms with Gasteiger partial charge in [-0.3, -0.25) is 0 Å². The summed E-state index contributed by atoms with van der Waals surface area (Å²) in [7, 11) is 0. The molecule has 18 heavy (non-hydrogen) atoms. The Morgan fingerprint density at radius 2 is 2.22 bits per heavy atom. The molecule has 1 fully saturated rings. The van der Waals surface area contributed by atoms with Gasteiger partial charge in [0.05, 0.1) is 12.6 Å². The van der Waals surface area contributed by atoms with Crippen molar-refractivity contribution in [3.8, 4) is 0 Å². The second-order valence-corrected chi connectivity index (χ2v) is 4.34. The fourth-order valence-corrected chi connectivity index (χ4v) is 1.82. The maximum atomic E-state index is 11.6. The number of alkyl carbamates (subject to hydrolysis) is 1. The van der Waals surface area contributed by atoms with Gasteiger partial charge in [0.25, 0.3) is 0 Å². The third kappa shape index (κ3) is 3.72. The summed E-state index contributed by atoms with van der Waals surface area (Å²) in [5.74, 6) is 0. The summed E-state index contributed by atoms with van der Waals surface area (Å²) in [5, 5.41) is 2.73. The standard InChI is InChI=1S/C13H18N2O3/c14-11-6-7-17-9-12(11)15-13(16)18-8-10-4-2-1-3-5-10/h1-5,11-12H,6-9,14H2,(H,15,16). The van der Waals surface area contributed by atoms with Crippen LogP contribution in [0.15, 0.2) is 30.3 Å². The van der Waals surface area contributed by atoms with E-state index in [1.165, 1.54) is 0 Å². The van der Waals surface area contributed by atoms with Crippen molar-refractivity contribution in [1.29, 1.82) is 0 Å². The Morgan fingerprint density at radius 3 is 2.94 bits per heavy atom. The first-order chi connectivity index (χ1) is 8.75. The van der Waals surface area contributed by atoms with Crippen LogP contribution in [0.2, 0.25) is 0 Å². The van der Waals surface area contributed by atoms with Crippen LogP contribution in [0.3, 0.4) is 0 Å². The van der Waals surface area contributed by atoms with Crippen molar-refractivity contribution in [2.75, 3.05) is 13.2 Å². The molecule has 0 aliphatic carbocycles. The van der Waals surface area contributed by atoms with Gasteiger partial charge in [-0.2, -0.15) is 0 Å². The summed E-state index contributed by atoms with van der Waals surface area (Å²) in [6.45, 7) is 1.36. The highest BCUT2D eigenvalue weighted by Gasteiger charge is 2.24. The minimum Gasteiger partial charge on any atom is -0.445 e. The summed E-state index contributed by atoms with van der Waals surface area (Å²) < 4.78 is 10.4. The van der Waals surface area contributed by atoms with E-state index in [-0.39, 0.29) is 18.7 Å². The Bertz CT molecular complexity index is 383. The van der Waals surface area contributed by atoms with Crippen LogP contribution >= 0.6 is 0 Å². The highest BCUT2D eigenvalue weighted by atomic mass is 16.5. The number of nitrogens with two attached hydrogens (primary N) is 1. The predicted molar refractivity (Wildman–Crippen MR) is 67.0 cm³/mol. The van der Waals surface area contributed by atoms with Crippen molar-refractivity contribution in [3.05, 3.63) is 35.9 Å². The van der Waals surface area contributed by atoms with Gasteiger partial charge in [-0.1, -0.05) is 30.3 Å². The number of hydrogen-bond donors (Lipinski definition) is 2. The van der Waals surface area contributed by atoms with E-state index in [1.807, 2.05) is 30.3 Å². The first kappa shape index (κ1) is 12.9. The van der Waals surface area contributed by atoms with Gasteiger partial charge in [-0.15, -0.1) is 0 Å². The first-order valence-corrected chi connectivity index (χ1v) is 6.06. The van der Waals surface area contributed by atoms with E-state index in [0.717, 1.165) is 12.0 Å². The van der Waals surface area contributed by atoms with Crippen molar-refractivity contribution >= 4 is 6.09 Å². The van der Waals surface area contributed by atoms with E-state index < -0.39 is 6.09 Å². The van der Waals surface area contributed by atoms with E-state index in [1.54, 1.807) is 0 Å². The third-order valence-electron chi connectivity index (χ3n) is 2.93. The van der Waals surface area contributed by atoms with Gasteiger partial charge < -0.3 is 20.5 Å². The van der Waals surface area contributed by atoms with Crippen LogP contribution < -0.4 is 11.1 Å². The fraction of sp³-hybridized carbons (Fsp3) is 0.462. The quantitative estimate of drug-likeness (QED) is 0.840. The lowest BCUT2D eigenvalue weighted by molar-refractivity contribution is 0.0537. The lowest BCUT2D eigenvalue weighted by Crippen LogP contribution is -2.53. The second-order valence-electron chi connectivity index (χ2n) is 4.34. The van der Waals surface area contributed by atoms with Gasteiger partial charge in [0.15, 0.2) is 0 Å². The summed E-state index contributed by atoms with van der Waals surface area (Å²) in [5.41, 5.74) is 6.84. The van der Waals surface area contributed by atoms with Crippen molar-refractivity contribution in [2.24, 2.45) is 5.73 Å². The molecule has 2 unspecified atom stereocenters. The Hall–Kier alpha value is -1.59. The summed E-state index contributed by atoms with van der Waals surface area (Å²) in [6, 6.07) is 9.31. The summed E-state index contributed by atoms with van der Waals surface area (Å²) >= 11 is 0. The molecule has 1 aliphatic rings. The minimum absolute atomic E-state index is 0.0666. The number of nitrogens with one attached hydrogen (secondary N) is 1. The van der Waals surface area contributed by atoms with Crippen LogP contribution in [-0.4, -0.2) is 31.4 Å². The maximum Gasteiger partial charge on any atom is 0.407 e. The van der Waals surface area contributed by atoms with Gasteiger partial charge in [-0.05, 0) is 12.0 Å². The number of carbonyl (C=O) groups is 1. The first-order valence-electron chi connectivity index (χ1n) is 6.06. The molecule has 0 aromatic heterocycles. The van der Waals surface area contributed by atoms with Crippen LogP contribution in [0.4, 0.5) is 4.79 Å².